The van der Waals surface area contributed by atoms with Crippen LogP contribution in [-0.2, 0) is 32.6 Å². The van der Waals surface area contributed by atoms with Crippen molar-refractivity contribution in [3.63, 3.8) is 0 Å². The number of benzene rings is 4. The van der Waals surface area contributed by atoms with Crippen LogP contribution < -0.4 is 19.1 Å². The van der Waals surface area contributed by atoms with E-state index in [1.54, 1.807) is 30.3 Å². The van der Waals surface area contributed by atoms with Gasteiger partial charge in [-0.1, -0.05) is 72.8 Å². The highest BCUT2D eigenvalue weighted by Crippen LogP contribution is 2.34. The Morgan fingerprint density at radius 1 is 0.809 bits per heavy atom. The van der Waals surface area contributed by atoms with E-state index in [1.807, 2.05) is 82.3 Å². The number of amides is 2. The fourth-order valence-corrected chi connectivity index (χ4v) is 6.63. The van der Waals surface area contributed by atoms with Gasteiger partial charge in [-0.3, -0.25) is 13.9 Å². The van der Waals surface area contributed by atoms with E-state index in [4.69, 9.17) is 9.47 Å². The van der Waals surface area contributed by atoms with Gasteiger partial charge >= 0.3 is 0 Å². The Kier molecular flexibility index (Phi) is 11.3. The minimum Gasteiger partial charge on any atom is -0.493 e. The fraction of sp³-hybridized carbons (Fsp3) is 0.297. The van der Waals surface area contributed by atoms with Gasteiger partial charge in [0, 0.05) is 24.6 Å². The maximum absolute atomic E-state index is 14.7. The molecule has 0 aliphatic carbocycles. The van der Waals surface area contributed by atoms with Crippen molar-refractivity contribution < 1.29 is 27.5 Å². The predicted octanol–water partition coefficient (Wildman–Crippen LogP) is 5.76. The molecule has 1 atom stereocenters. The van der Waals surface area contributed by atoms with Gasteiger partial charge < -0.3 is 19.7 Å². The van der Waals surface area contributed by atoms with Crippen molar-refractivity contribution in [3.8, 4) is 11.5 Å². The highest BCUT2D eigenvalue weighted by atomic mass is 32.2. The molecule has 0 bridgehead atoms. The lowest BCUT2D eigenvalue weighted by Gasteiger charge is -2.35. The molecular formula is C37H43N3O6S. The molecular weight excluding hydrogens is 614 g/mol. The average molecular weight is 658 g/mol. The Morgan fingerprint density at radius 3 is 2.00 bits per heavy atom. The molecule has 4 aromatic rings. The largest absolute Gasteiger partial charge is 0.493 e. The summed E-state index contributed by atoms with van der Waals surface area (Å²) in [5.41, 5.74) is 2.26. The summed E-state index contributed by atoms with van der Waals surface area (Å²) in [6, 6.07) is 28.7. The Hall–Kier alpha value is -4.83. The van der Waals surface area contributed by atoms with Crippen LogP contribution in [0.15, 0.2) is 108 Å². The number of hydrogen-bond donors (Lipinski definition) is 1. The molecule has 0 unspecified atom stereocenters. The summed E-state index contributed by atoms with van der Waals surface area (Å²) < 4.78 is 40.4. The molecule has 4 aromatic carbocycles. The summed E-state index contributed by atoms with van der Waals surface area (Å²) >= 11 is 0. The number of anilines is 1. The zero-order valence-electron chi connectivity index (χ0n) is 27.8. The zero-order chi connectivity index (χ0) is 34.2. The number of nitrogens with zero attached hydrogens (tertiary/aromatic N) is 2. The normalized spacial score (nSPS) is 12.1. The van der Waals surface area contributed by atoms with E-state index in [2.05, 4.69) is 5.32 Å². The van der Waals surface area contributed by atoms with Crippen LogP contribution in [0.1, 0.15) is 37.5 Å². The average Bonchev–Trinajstić information content (AvgIpc) is 3.05. The van der Waals surface area contributed by atoms with Crippen molar-refractivity contribution in [2.45, 2.75) is 57.1 Å². The molecule has 0 aliphatic rings. The summed E-state index contributed by atoms with van der Waals surface area (Å²) in [6.45, 7) is 7.09. The quantitative estimate of drug-likeness (QED) is 0.196. The van der Waals surface area contributed by atoms with Crippen LogP contribution in [0.2, 0.25) is 0 Å². The molecule has 0 spiro atoms. The smallest absolute Gasteiger partial charge is 0.264 e. The van der Waals surface area contributed by atoms with Gasteiger partial charge in [0.2, 0.25) is 11.8 Å². The molecule has 0 radical (unpaired) electrons. The van der Waals surface area contributed by atoms with Crippen molar-refractivity contribution in [2.75, 3.05) is 25.1 Å². The van der Waals surface area contributed by atoms with Gasteiger partial charge in [0.05, 0.1) is 24.8 Å². The highest BCUT2D eigenvalue weighted by Gasteiger charge is 2.36. The molecule has 0 fully saturated rings. The van der Waals surface area contributed by atoms with E-state index in [-0.39, 0.29) is 29.5 Å². The van der Waals surface area contributed by atoms with E-state index < -0.39 is 34.1 Å². The number of nitrogens with one attached hydrogen (secondary N) is 1. The van der Waals surface area contributed by atoms with Crippen LogP contribution in [0.4, 0.5) is 5.69 Å². The molecule has 0 saturated carbocycles. The summed E-state index contributed by atoms with van der Waals surface area (Å²) in [7, 11) is -1.32. The van der Waals surface area contributed by atoms with Crippen molar-refractivity contribution >= 4 is 27.5 Å². The molecule has 0 heterocycles. The molecule has 9 nitrogen and oxygen atoms in total. The number of sulfonamides is 1. The molecule has 248 valence electrons. The number of rotatable bonds is 13. The van der Waals surface area contributed by atoms with Gasteiger partial charge in [0.1, 0.15) is 12.6 Å². The second-order valence-corrected chi connectivity index (χ2v) is 14.1. The van der Waals surface area contributed by atoms with Crippen LogP contribution in [0.3, 0.4) is 0 Å². The number of carbonyl (C=O) groups is 2. The molecule has 0 aromatic heterocycles. The third-order valence-electron chi connectivity index (χ3n) is 7.64. The van der Waals surface area contributed by atoms with Crippen LogP contribution in [0.5, 0.6) is 11.5 Å². The Labute approximate surface area is 278 Å². The summed E-state index contributed by atoms with van der Waals surface area (Å²) in [6.07, 6.45) is 0.224. The molecule has 2 amide bonds. The number of aryl methyl sites for hydroxylation is 1. The SMILES string of the molecule is COc1ccc(N(CC(=O)N(Cc2ccccc2C)[C@@H](Cc2ccccc2)C(=O)NC(C)(C)C)S(=O)(=O)c2ccccc2)cc1OC. The first-order valence-corrected chi connectivity index (χ1v) is 16.8. The standard InChI is InChI=1S/C37H43N3O6S/c1-27-15-13-14-18-29(27)25-39(32(36(42)38-37(2,3)4)23-28-16-9-7-10-17-28)35(41)26-40(47(43,44)31-19-11-8-12-20-31)30-21-22-33(45-5)34(24-30)46-6/h7-22,24,32H,23,25-26H2,1-6H3,(H,38,42)/t32-/m0/s1. The number of carbonyl (C=O) groups excluding carboxylic acids is 2. The second-order valence-electron chi connectivity index (χ2n) is 12.3. The Balaban J connectivity index is 1.86. The first kappa shape index (κ1) is 35.0. The Bertz CT molecular complexity index is 1770. The predicted molar refractivity (Wildman–Crippen MR) is 184 cm³/mol. The minimum absolute atomic E-state index is 0.0133. The van der Waals surface area contributed by atoms with E-state index in [0.29, 0.717) is 11.5 Å². The van der Waals surface area contributed by atoms with Gasteiger partial charge in [-0.25, -0.2) is 8.42 Å². The van der Waals surface area contributed by atoms with E-state index in [9.17, 15) is 18.0 Å². The molecule has 0 saturated heterocycles. The minimum atomic E-state index is -4.25. The van der Waals surface area contributed by atoms with Crippen LogP contribution in [0.25, 0.3) is 0 Å². The molecule has 1 N–H and O–H groups in total. The first-order valence-electron chi connectivity index (χ1n) is 15.3. The Morgan fingerprint density at radius 2 is 1.40 bits per heavy atom. The molecule has 4 rings (SSSR count). The van der Waals surface area contributed by atoms with E-state index in [1.165, 1.54) is 37.3 Å². The van der Waals surface area contributed by atoms with Crippen LogP contribution in [-0.4, -0.2) is 57.5 Å². The fourth-order valence-electron chi connectivity index (χ4n) is 5.21. The third-order valence-corrected chi connectivity index (χ3v) is 9.42. The van der Waals surface area contributed by atoms with Crippen molar-refractivity contribution in [1.29, 1.82) is 0 Å². The summed E-state index contributed by atoms with van der Waals surface area (Å²) in [5.74, 6) is -0.184. The molecule has 47 heavy (non-hydrogen) atoms. The van der Waals surface area contributed by atoms with Crippen LogP contribution in [0, 0.1) is 6.92 Å². The third kappa shape index (κ3) is 8.92. The number of ether oxygens (including phenoxy) is 2. The van der Waals surface area contributed by atoms with Gasteiger partial charge in [-0.15, -0.1) is 0 Å². The summed E-state index contributed by atoms with van der Waals surface area (Å²) in [4.78, 5) is 30.2. The van der Waals surface area contributed by atoms with Gasteiger partial charge in [0.15, 0.2) is 11.5 Å². The first-order chi connectivity index (χ1) is 22.3. The maximum atomic E-state index is 14.7. The van der Waals surface area contributed by atoms with Crippen molar-refractivity contribution in [2.24, 2.45) is 0 Å². The highest BCUT2D eigenvalue weighted by molar-refractivity contribution is 7.92. The van der Waals surface area contributed by atoms with Gasteiger partial charge in [0.25, 0.3) is 10.0 Å². The van der Waals surface area contributed by atoms with E-state index in [0.717, 1.165) is 21.0 Å². The van der Waals surface area contributed by atoms with Crippen molar-refractivity contribution in [3.05, 3.63) is 120 Å². The van der Waals surface area contributed by atoms with Crippen LogP contribution >= 0.6 is 0 Å². The monoisotopic (exact) mass is 657 g/mol. The maximum Gasteiger partial charge on any atom is 0.264 e. The lowest BCUT2D eigenvalue weighted by molar-refractivity contribution is -0.140. The number of hydrogen-bond acceptors (Lipinski definition) is 6. The van der Waals surface area contributed by atoms with Crippen molar-refractivity contribution in [1.82, 2.24) is 10.2 Å². The van der Waals surface area contributed by atoms with Gasteiger partial charge in [-0.2, -0.15) is 0 Å². The van der Waals surface area contributed by atoms with Gasteiger partial charge in [-0.05, 0) is 68.7 Å². The number of methoxy groups -OCH3 is 2. The topological polar surface area (TPSA) is 105 Å². The summed E-state index contributed by atoms with van der Waals surface area (Å²) in [5, 5.41) is 3.05. The second kappa shape index (κ2) is 15.2. The lowest BCUT2D eigenvalue weighted by atomic mass is 10.00. The lowest BCUT2D eigenvalue weighted by Crippen LogP contribution is -2.56. The zero-order valence-corrected chi connectivity index (χ0v) is 28.6. The van der Waals surface area contributed by atoms with E-state index >= 15 is 0 Å². The molecule has 10 heteroatoms. The molecule has 0 aliphatic heterocycles.